The fourth-order valence-electron chi connectivity index (χ4n) is 2.03. The van der Waals surface area contributed by atoms with Crippen molar-refractivity contribution in [1.82, 2.24) is 16.0 Å². The number of hydrogen-bond acceptors (Lipinski definition) is 3. The number of carbonyl (C=O) groups excluding carboxylic acids is 1. The minimum Gasteiger partial charge on any atom is -0.379 e. The van der Waals surface area contributed by atoms with Gasteiger partial charge in [0.2, 0.25) is 0 Å². The summed E-state index contributed by atoms with van der Waals surface area (Å²) < 4.78 is 5.20. The Kier molecular flexibility index (Phi) is 3.80. The van der Waals surface area contributed by atoms with E-state index >= 15 is 0 Å². The number of rotatable bonds is 2. The van der Waals surface area contributed by atoms with Gasteiger partial charge in [-0.3, -0.25) is 0 Å². The summed E-state index contributed by atoms with van der Waals surface area (Å²) >= 11 is 0. The van der Waals surface area contributed by atoms with E-state index in [4.69, 9.17) is 4.74 Å². The minimum atomic E-state index is -0.0441. The number of hydrogen-bond donors (Lipinski definition) is 3. The molecule has 2 aliphatic heterocycles. The van der Waals surface area contributed by atoms with Crippen LogP contribution in [0.1, 0.15) is 19.3 Å². The quantitative estimate of drug-likeness (QED) is 0.596. The van der Waals surface area contributed by atoms with Crippen LogP contribution in [0.25, 0.3) is 0 Å². The Labute approximate surface area is 89.9 Å². The van der Waals surface area contributed by atoms with Crippen molar-refractivity contribution in [1.29, 1.82) is 0 Å². The lowest BCUT2D eigenvalue weighted by Gasteiger charge is -2.24. The van der Waals surface area contributed by atoms with Gasteiger partial charge in [-0.05, 0) is 32.4 Å². The van der Waals surface area contributed by atoms with Gasteiger partial charge in [0.25, 0.3) is 0 Å². The van der Waals surface area contributed by atoms with Gasteiger partial charge in [-0.15, -0.1) is 0 Å². The van der Waals surface area contributed by atoms with Crippen molar-refractivity contribution in [2.45, 2.75) is 31.3 Å². The normalized spacial score (nSPS) is 27.6. The molecule has 0 aromatic carbocycles. The molecule has 0 bridgehead atoms. The minimum absolute atomic E-state index is 0.0441. The lowest BCUT2D eigenvalue weighted by atomic mass is 10.1. The molecule has 2 fully saturated rings. The van der Waals surface area contributed by atoms with Crippen LogP contribution in [0.3, 0.4) is 0 Å². The van der Waals surface area contributed by atoms with Gasteiger partial charge in [0.1, 0.15) is 0 Å². The molecule has 0 aromatic heterocycles. The predicted molar refractivity (Wildman–Crippen MR) is 56.8 cm³/mol. The zero-order chi connectivity index (χ0) is 10.5. The van der Waals surface area contributed by atoms with Crippen LogP contribution in [0.4, 0.5) is 4.79 Å². The monoisotopic (exact) mass is 213 g/mol. The van der Waals surface area contributed by atoms with Crippen LogP contribution in [0.15, 0.2) is 0 Å². The lowest BCUT2D eigenvalue weighted by Crippen LogP contribution is -2.49. The van der Waals surface area contributed by atoms with E-state index in [1.807, 2.05) is 0 Å². The molecule has 0 saturated carbocycles. The average Bonchev–Trinajstić information content (AvgIpc) is 2.71. The maximum Gasteiger partial charge on any atom is 0.315 e. The second-order valence-corrected chi connectivity index (χ2v) is 4.20. The smallest absolute Gasteiger partial charge is 0.315 e. The summed E-state index contributed by atoms with van der Waals surface area (Å²) in [5, 5.41) is 9.20. The first-order valence-electron chi connectivity index (χ1n) is 5.70. The first-order chi connectivity index (χ1) is 7.34. The molecule has 2 amide bonds. The second-order valence-electron chi connectivity index (χ2n) is 4.20. The molecule has 2 saturated heterocycles. The molecule has 3 N–H and O–H groups in total. The molecule has 15 heavy (non-hydrogen) atoms. The summed E-state index contributed by atoms with van der Waals surface area (Å²) in [5.74, 6) is 0. The summed E-state index contributed by atoms with van der Waals surface area (Å²) in [5.41, 5.74) is 0. The number of piperidine rings is 1. The summed E-state index contributed by atoms with van der Waals surface area (Å²) in [7, 11) is 0. The highest BCUT2D eigenvalue weighted by molar-refractivity contribution is 5.74. The van der Waals surface area contributed by atoms with Crippen LogP contribution >= 0.6 is 0 Å². The highest BCUT2D eigenvalue weighted by Crippen LogP contribution is 2.04. The molecule has 0 aliphatic carbocycles. The van der Waals surface area contributed by atoms with Crippen LogP contribution in [0, 0.1) is 0 Å². The predicted octanol–water partition coefficient (Wildman–Crippen LogP) is -0.173. The van der Waals surface area contributed by atoms with Crippen molar-refractivity contribution in [2.75, 3.05) is 26.3 Å². The van der Waals surface area contributed by atoms with E-state index in [0.29, 0.717) is 12.6 Å². The maximum absolute atomic E-state index is 11.6. The fourth-order valence-corrected chi connectivity index (χ4v) is 2.03. The third-order valence-electron chi connectivity index (χ3n) is 2.94. The van der Waals surface area contributed by atoms with E-state index < -0.39 is 0 Å². The van der Waals surface area contributed by atoms with Gasteiger partial charge < -0.3 is 20.7 Å². The number of urea groups is 1. The molecule has 5 nitrogen and oxygen atoms in total. The van der Waals surface area contributed by atoms with Crippen LogP contribution < -0.4 is 16.0 Å². The third kappa shape index (κ3) is 3.35. The standard InChI is InChI=1S/C10H19N3O2/c14-10(13-9-3-6-15-7-9)12-8-1-4-11-5-2-8/h8-9,11H,1-7H2,(H2,12,13,14). The van der Waals surface area contributed by atoms with E-state index in [2.05, 4.69) is 16.0 Å². The van der Waals surface area contributed by atoms with Crippen LogP contribution in [0.2, 0.25) is 0 Å². The van der Waals surface area contributed by atoms with Crippen molar-refractivity contribution < 1.29 is 9.53 Å². The number of nitrogens with one attached hydrogen (secondary N) is 3. The topological polar surface area (TPSA) is 62.4 Å². The Morgan fingerprint density at radius 2 is 1.87 bits per heavy atom. The first-order valence-corrected chi connectivity index (χ1v) is 5.70. The van der Waals surface area contributed by atoms with Crippen molar-refractivity contribution in [3.05, 3.63) is 0 Å². The van der Waals surface area contributed by atoms with Crippen molar-refractivity contribution in [2.24, 2.45) is 0 Å². The largest absolute Gasteiger partial charge is 0.379 e. The average molecular weight is 213 g/mol. The second kappa shape index (κ2) is 5.32. The molecule has 1 atom stereocenters. The Morgan fingerprint density at radius 3 is 2.53 bits per heavy atom. The zero-order valence-corrected chi connectivity index (χ0v) is 8.92. The molecule has 2 heterocycles. The Balaban J connectivity index is 1.66. The molecule has 5 heteroatoms. The summed E-state index contributed by atoms with van der Waals surface area (Å²) in [6.07, 6.45) is 2.98. The molecule has 86 valence electrons. The van der Waals surface area contributed by atoms with E-state index in [1.54, 1.807) is 0 Å². The first kappa shape index (κ1) is 10.7. The van der Waals surface area contributed by atoms with E-state index in [-0.39, 0.29) is 12.1 Å². The third-order valence-corrected chi connectivity index (χ3v) is 2.94. The van der Waals surface area contributed by atoms with Gasteiger partial charge in [0.15, 0.2) is 0 Å². The van der Waals surface area contributed by atoms with Crippen molar-refractivity contribution in [3.63, 3.8) is 0 Å². The van der Waals surface area contributed by atoms with Gasteiger partial charge in [-0.2, -0.15) is 0 Å². The Hall–Kier alpha value is -0.810. The van der Waals surface area contributed by atoms with Crippen LogP contribution in [0.5, 0.6) is 0 Å². The zero-order valence-electron chi connectivity index (χ0n) is 8.92. The van der Waals surface area contributed by atoms with Gasteiger partial charge in [-0.1, -0.05) is 0 Å². The fraction of sp³-hybridized carbons (Fsp3) is 0.900. The van der Waals surface area contributed by atoms with Crippen LogP contribution in [-0.2, 0) is 4.74 Å². The molecule has 0 aromatic rings. The summed E-state index contributed by atoms with van der Waals surface area (Å²) in [4.78, 5) is 11.6. The van der Waals surface area contributed by atoms with Gasteiger partial charge in [0, 0.05) is 12.6 Å². The Morgan fingerprint density at radius 1 is 1.13 bits per heavy atom. The van der Waals surface area contributed by atoms with Gasteiger partial charge in [0.05, 0.1) is 12.6 Å². The van der Waals surface area contributed by atoms with E-state index in [0.717, 1.165) is 39.0 Å². The number of ether oxygens (including phenoxy) is 1. The molecule has 2 aliphatic rings. The van der Waals surface area contributed by atoms with Gasteiger partial charge >= 0.3 is 6.03 Å². The van der Waals surface area contributed by atoms with E-state index in [1.165, 1.54) is 0 Å². The molecule has 0 radical (unpaired) electrons. The molecular formula is C10H19N3O2. The molecular weight excluding hydrogens is 194 g/mol. The Bertz CT molecular complexity index is 211. The molecule has 1 unspecified atom stereocenters. The number of amides is 2. The highest BCUT2D eigenvalue weighted by atomic mass is 16.5. The van der Waals surface area contributed by atoms with Crippen molar-refractivity contribution >= 4 is 6.03 Å². The highest BCUT2D eigenvalue weighted by Gasteiger charge is 2.20. The SMILES string of the molecule is O=C(NC1CCNCC1)NC1CCOC1. The summed E-state index contributed by atoms with van der Waals surface area (Å²) in [6, 6.07) is 0.484. The van der Waals surface area contributed by atoms with Crippen LogP contribution in [-0.4, -0.2) is 44.4 Å². The van der Waals surface area contributed by atoms with Crippen molar-refractivity contribution in [3.8, 4) is 0 Å². The number of carbonyl (C=O) groups is 1. The summed E-state index contributed by atoms with van der Waals surface area (Å²) in [6.45, 7) is 3.41. The van der Waals surface area contributed by atoms with E-state index in [9.17, 15) is 4.79 Å². The lowest BCUT2D eigenvalue weighted by molar-refractivity contribution is 0.187. The maximum atomic E-state index is 11.6. The molecule has 2 rings (SSSR count). The van der Waals surface area contributed by atoms with Gasteiger partial charge in [-0.25, -0.2) is 4.79 Å². The molecule has 0 spiro atoms.